The van der Waals surface area contributed by atoms with Crippen molar-refractivity contribution < 1.29 is 9.21 Å². The van der Waals surface area contributed by atoms with Crippen molar-refractivity contribution in [2.75, 3.05) is 36.0 Å². The van der Waals surface area contributed by atoms with E-state index in [0.29, 0.717) is 0 Å². The highest BCUT2D eigenvalue weighted by molar-refractivity contribution is 5.79. The Labute approximate surface area is 172 Å². The van der Waals surface area contributed by atoms with Crippen LogP contribution in [0.25, 0.3) is 0 Å². The van der Waals surface area contributed by atoms with E-state index in [0.717, 1.165) is 62.8 Å². The number of nitrogens with zero attached hydrogens (tertiary/aromatic N) is 4. The number of piperidine rings is 2. The molecule has 2 aliphatic rings. The molecular formula is C22H31N5O2. The van der Waals surface area contributed by atoms with E-state index in [9.17, 15) is 4.79 Å². The van der Waals surface area contributed by atoms with Gasteiger partial charge in [-0.3, -0.25) is 4.79 Å². The van der Waals surface area contributed by atoms with E-state index in [1.807, 2.05) is 31.5 Å². The second kappa shape index (κ2) is 9.29. The standard InChI is InChI=1S/C22H31N5O2/c1-17(14-20-6-5-13-29-20)25-21(28)18-7-11-26(12-8-18)19-15-23-22(24-16-19)27-9-3-2-4-10-27/h5-6,13,15-18H,2-4,7-12,14H2,1H3,(H,25,28). The lowest BCUT2D eigenvalue weighted by atomic mass is 9.95. The van der Waals surface area contributed by atoms with Crippen molar-refractivity contribution in [1.29, 1.82) is 0 Å². The van der Waals surface area contributed by atoms with Crippen LogP contribution in [0.2, 0.25) is 0 Å². The van der Waals surface area contributed by atoms with E-state index >= 15 is 0 Å². The van der Waals surface area contributed by atoms with Gasteiger partial charge in [0.2, 0.25) is 11.9 Å². The summed E-state index contributed by atoms with van der Waals surface area (Å²) < 4.78 is 5.37. The summed E-state index contributed by atoms with van der Waals surface area (Å²) in [6.07, 6.45) is 11.7. The average Bonchev–Trinajstić information content (AvgIpc) is 3.27. The highest BCUT2D eigenvalue weighted by atomic mass is 16.3. The third-order valence-electron chi connectivity index (χ3n) is 5.97. The van der Waals surface area contributed by atoms with Crippen LogP contribution in [0.4, 0.5) is 11.6 Å². The minimum absolute atomic E-state index is 0.0684. The fourth-order valence-electron chi connectivity index (χ4n) is 4.28. The first-order valence-electron chi connectivity index (χ1n) is 10.8. The smallest absolute Gasteiger partial charge is 0.225 e. The van der Waals surface area contributed by atoms with Gasteiger partial charge in [0.1, 0.15) is 5.76 Å². The summed E-state index contributed by atoms with van der Waals surface area (Å²) in [5.41, 5.74) is 1.05. The summed E-state index contributed by atoms with van der Waals surface area (Å²) in [4.78, 5) is 26.4. The van der Waals surface area contributed by atoms with E-state index < -0.39 is 0 Å². The number of aromatic nitrogens is 2. The predicted octanol–water partition coefficient (Wildman–Crippen LogP) is 3.02. The third-order valence-corrected chi connectivity index (χ3v) is 5.97. The Bertz CT molecular complexity index is 763. The summed E-state index contributed by atoms with van der Waals surface area (Å²) in [6.45, 7) is 5.85. The lowest BCUT2D eigenvalue weighted by Crippen LogP contribution is -2.43. The molecule has 0 aliphatic carbocycles. The van der Waals surface area contributed by atoms with Crippen LogP contribution in [0.3, 0.4) is 0 Å². The van der Waals surface area contributed by atoms with Crippen LogP contribution in [0.5, 0.6) is 0 Å². The van der Waals surface area contributed by atoms with Gasteiger partial charge in [0.05, 0.1) is 24.3 Å². The van der Waals surface area contributed by atoms with E-state index in [1.54, 1.807) is 6.26 Å². The van der Waals surface area contributed by atoms with Crippen LogP contribution in [-0.4, -0.2) is 48.1 Å². The van der Waals surface area contributed by atoms with Crippen molar-refractivity contribution >= 4 is 17.5 Å². The van der Waals surface area contributed by atoms with Crippen molar-refractivity contribution in [3.8, 4) is 0 Å². The molecule has 0 saturated carbocycles. The molecule has 0 bridgehead atoms. The number of carbonyl (C=O) groups is 1. The van der Waals surface area contributed by atoms with Crippen LogP contribution in [-0.2, 0) is 11.2 Å². The molecule has 4 heterocycles. The van der Waals surface area contributed by atoms with Crippen LogP contribution >= 0.6 is 0 Å². The topological polar surface area (TPSA) is 74.5 Å². The molecule has 0 radical (unpaired) electrons. The Hall–Kier alpha value is -2.57. The molecule has 1 unspecified atom stereocenters. The maximum absolute atomic E-state index is 12.6. The Morgan fingerprint density at radius 2 is 1.86 bits per heavy atom. The van der Waals surface area contributed by atoms with Crippen molar-refractivity contribution in [1.82, 2.24) is 15.3 Å². The van der Waals surface area contributed by atoms with Crippen molar-refractivity contribution in [2.45, 2.75) is 51.5 Å². The summed E-state index contributed by atoms with van der Waals surface area (Å²) in [5.74, 6) is 1.97. The molecule has 0 spiro atoms. The van der Waals surface area contributed by atoms with Gasteiger partial charge >= 0.3 is 0 Å². The summed E-state index contributed by atoms with van der Waals surface area (Å²) in [6, 6.07) is 3.89. The van der Waals surface area contributed by atoms with Gasteiger partial charge in [-0.1, -0.05) is 0 Å². The number of anilines is 2. The summed E-state index contributed by atoms with van der Waals surface area (Å²) in [7, 11) is 0. The van der Waals surface area contributed by atoms with Gasteiger partial charge in [0, 0.05) is 44.6 Å². The average molecular weight is 398 g/mol. The Balaban J connectivity index is 1.25. The lowest BCUT2D eigenvalue weighted by molar-refractivity contribution is -0.126. The first-order valence-corrected chi connectivity index (χ1v) is 10.8. The Morgan fingerprint density at radius 3 is 2.52 bits per heavy atom. The van der Waals surface area contributed by atoms with Gasteiger partial charge in [-0.25, -0.2) is 9.97 Å². The molecule has 7 nitrogen and oxygen atoms in total. The minimum Gasteiger partial charge on any atom is -0.469 e. The normalized spacial score (nSPS) is 19.2. The molecule has 2 saturated heterocycles. The second-order valence-corrected chi connectivity index (χ2v) is 8.24. The highest BCUT2D eigenvalue weighted by Crippen LogP contribution is 2.24. The predicted molar refractivity (Wildman–Crippen MR) is 113 cm³/mol. The lowest BCUT2D eigenvalue weighted by Gasteiger charge is -2.33. The first-order chi connectivity index (χ1) is 14.2. The van der Waals surface area contributed by atoms with Gasteiger partial charge in [-0.2, -0.15) is 0 Å². The maximum Gasteiger partial charge on any atom is 0.225 e. The molecular weight excluding hydrogens is 366 g/mol. The van der Waals surface area contributed by atoms with E-state index in [2.05, 4.69) is 25.1 Å². The van der Waals surface area contributed by atoms with Crippen LogP contribution in [0.15, 0.2) is 35.2 Å². The molecule has 1 atom stereocenters. The molecule has 1 N–H and O–H groups in total. The quantitative estimate of drug-likeness (QED) is 0.808. The Morgan fingerprint density at radius 1 is 1.14 bits per heavy atom. The molecule has 0 aromatic carbocycles. The fraction of sp³-hybridized carbons (Fsp3) is 0.591. The maximum atomic E-state index is 12.6. The number of nitrogens with one attached hydrogen (secondary N) is 1. The molecule has 2 aromatic heterocycles. The molecule has 4 rings (SSSR count). The molecule has 2 fully saturated rings. The van der Waals surface area contributed by atoms with Gasteiger partial charge in [-0.05, 0) is 51.2 Å². The number of hydrogen-bond donors (Lipinski definition) is 1. The van der Waals surface area contributed by atoms with Gasteiger partial charge < -0.3 is 19.5 Å². The van der Waals surface area contributed by atoms with E-state index in [4.69, 9.17) is 4.42 Å². The number of rotatable bonds is 6. The van der Waals surface area contributed by atoms with Crippen molar-refractivity contribution in [3.05, 3.63) is 36.5 Å². The molecule has 2 aliphatic heterocycles. The van der Waals surface area contributed by atoms with E-state index in [-0.39, 0.29) is 17.9 Å². The molecule has 2 aromatic rings. The van der Waals surface area contributed by atoms with Crippen LogP contribution in [0.1, 0.15) is 44.8 Å². The molecule has 7 heteroatoms. The number of carbonyl (C=O) groups excluding carboxylic acids is 1. The largest absolute Gasteiger partial charge is 0.469 e. The van der Waals surface area contributed by atoms with Crippen molar-refractivity contribution in [3.63, 3.8) is 0 Å². The van der Waals surface area contributed by atoms with Crippen molar-refractivity contribution in [2.24, 2.45) is 5.92 Å². The van der Waals surface area contributed by atoms with Crippen LogP contribution < -0.4 is 15.1 Å². The number of furan rings is 1. The summed E-state index contributed by atoms with van der Waals surface area (Å²) >= 11 is 0. The molecule has 29 heavy (non-hydrogen) atoms. The number of hydrogen-bond acceptors (Lipinski definition) is 6. The molecule has 156 valence electrons. The fourth-order valence-corrected chi connectivity index (χ4v) is 4.28. The number of amides is 1. The monoisotopic (exact) mass is 397 g/mol. The zero-order valence-electron chi connectivity index (χ0n) is 17.2. The first kappa shape index (κ1) is 19.7. The summed E-state index contributed by atoms with van der Waals surface area (Å²) in [5, 5.41) is 3.14. The second-order valence-electron chi connectivity index (χ2n) is 8.24. The highest BCUT2D eigenvalue weighted by Gasteiger charge is 2.26. The third kappa shape index (κ3) is 5.08. The van der Waals surface area contributed by atoms with Gasteiger partial charge in [0.25, 0.3) is 0 Å². The molecule has 1 amide bonds. The van der Waals surface area contributed by atoms with Gasteiger partial charge in [0.15, 0.2) is 0 Å². The zero-order valence-corrected chi connectivity index (χ0v) is 17.2. The van der Waals surface area contributed by atoms with E-state index in [1.165, 1.54) is 19.3 Å². The Kier molecular flexibility index (Phi) is 6.32. The van der Waals surface area contributed by atoms with Gasteiger partial charge in [-0.15, -0.1) is 0 Å². The SMILES string of the molecule is CC(Cc1ccco1)NC(=O)C1CCN(c2cnc(N3CCCCC3)nc2)CC1. The minimum atomic E-state index is 0.0684. The van der Waals surface area contributed by atoms with Crippen LogP contribution in [0, 0.1) is 5.92 Å². The zero-order chi connectivity index (χ0) is 20.1.